The summed E-state index contributed by atoms with van der Waals surface area (Å²) >= 11 is 0. The number of imide groups is 1. The molecular formula is C30H35N3O4. The minimum absolute atomic E-state index is 0.0264. The highest BCUT2D eigenvalue weighted by molar-refractivity contribution is 6.05. The Morgan fingerprint density at radius 3 is 1.97 bits per heavy atom. The van der Waals surface area contributed by atoms with Crippen molar-refractivity contribution < 1.29 is 19.2 Å². The standard InChI is InChI=1S/C30H35N3O4/c1-21(2)31-28(35)26(19-22-11-5-3-6-12-22)33(20-23-13-7-4-8-14-23)27(34)17-18-32-29(36)24-15-9-10-16-25(24)30(32)37/h3-14,21,24-26H,15-20H2,1-2H3,(H,31,35)/t24-,25+,26-/m0/s1. The van der Waals surface area contributed by atoms with Gasteiger partial charge < -0.3 is 10.2 Å². The van der Waals surface area contributed by atoms with Gasteiger partial charge in [0, 0.05) is 32.0 Å². The molecule has 0 aromatic heterocycles. The van der Waals surface area contributed by atoms with Crippen LogP contribution in [0, 0.1) is 11.8 Å². The molecule has 0 spiro atoms. The van der Waals surface area contributed by atoms with E-state index in [1.807, 2.05) is 86.7 Å². The molecule has 1 aliphatic heterocycles. The van der Waals surface area contributed by atoms with Crippen LogP contribution in [0.4, 0.5) is 0 Å². The molecule has 37 heavy (non-hydrogen) atoms. The molecule has 0 radical (unpaired) electrons. The molecule has 0 saturated carbocycles. The summed E-state index contributed by atoms with van der Waals surface area (Å²) in [5.41, 5.74) is 1.84. The van der Waals surface area contributed by atoms with Crippen LogP contribution in [-0.2, 0) is 32.1 Å². The number of benzene rings is 2. The monoisotopic (exact) mass is 501 g/mol. The average Bonchev–Trinajstić information content (AvgIpc) is 3.14. The van der Waals surface area contributed by atoms with E-state index in [2.05, 4.69) is 5.32 Å². The number of carbonyl (C=O) groups excluding carboxylic acids is 4. The Morgan fingerprint density at radius 1 is 0.892 bits per heavy atom. The third-order valence-corrected chi connectivity index (χ3v) is 7.05. The van der Waals surface area contributed by atoms with Gasteiger partial charge in [-0.2, -0.15) is 0 Å². The maximum atomic E-state index is 13.7. The highest BCUT2D eigenvalue weighted by Gasteiger charge is 2.47. The van der Waals surface area contributed by atoms with Crippen LogP contribution in [0.2, 0.25) is 0 Å². The number of hydrogen-bond donors (Lipinski definition) is 1. The topological polar surface area (TPSA) is 86.8 Å². The number of carbonyl (C=O) groups is 4. The van der Waals surface area contributed by atoms with E-state index in [1.54, 1.807) is 4.90 Å². The van der Waals surface area contributed by atoms with Gasteiger partial charge in [0.15, 0.2) is 0 Å². The van der Waals surface area contributed by atoms with Crippen LogP contribution in [0.25, 0.3) is 0 Å². The molecular weight excluding hydrogens is 466 g/mol. The van der Waals surface area contributed by atoms with E-state index < -0.39 is 6.04 Å². The first-order valence-corrected chi connectivity index (χ1v) is 13.0. The summed E-state index contributed by atoms with van der Waals surface area (Å²) in [5.74, 6) is -1.53. The molecule has 7 heteroatoms. The smallest absolute Gasteiger partial charge is 0.243 e. The van der Waals surface area contributed by atoms with E-state index in [-0.39, 0.29) is 61.0 Å². The van der Waals surface area contributed by atoms with Crippen molar-refractivity contribution in [2.24, 2.45) is 11.8 Å². The van der Waals surface area contributed by atoms with Crippen molar-refractivity contribution in [3.05, 3.63) is 83.9 Å². The van der Waals surface area contributed by atoms with Crippen LogP contribution in [-0.4, -0.2) is 52.1 Å². The van der Waals surface area contributed by atoms with Gasteiger partial charge in [-0.05, 0) is 37.8 Å². The molecule has 2 aromatic rings. The predicted octanol–water partition coefficient (Wildman–Crippen LogP) is 3.49. The van der Waals surface area contributed by atoms with Crippen LogP contribution < -0.4 is 5.32 Å². The summed E-state index contributed by atoms with van der Waals surface area (Å²) in [6, 6.07) is 18.3. The molecule has 2 aliphatic rings. The van der Waals surface area contributed by atoms with Crippen molar-refractivity contribution in [1.82, 2.24) is 15.1 Å². The lowest BCUT2D eigenvalue weighted by atomic mass is 9.85. The zero-order valence-corrected chi connectivity index (χ0v) is 21.5. The molecule has 1 saturated heterocycles. The highest BCUT2D eigenvalue weighted by Crippen LogP contribution is 2.35. The molecule has 2 aromatic carbocycles. The van der Waals surface area contributed by atoms with Crippen LogP contribution in [0.1, 0.15) is 44.2 Å². The maximum Gasteiger partial charge on any atom is 0.243 e. The first-order valence-electron chi connectivity index (χ1n) is 13.0. The van der Waals surface area contributed by atoms with Gasteiger partial charge in [0.1, 0.15) is 6.04 Å². The number of likely N-dealkylation sites (tertiary alicyclic amines) is 1. The molecule has 4 rings (SSSR count). The third-order valence-electron chi connectivity index (χ3n) is 7.05. The minimum Gasteiger partial charge on any atom is -0.352 e. The Balaban J connectivity index is 1.56. The van der Waals surface area contributed by atoms with Gasteiger partial charge in [0.05, 0.1) is 11.8 Å². The van der Waals surface area contributed by atoms with Gasteiger partial charge in [-0.1, -0.05) is 72.8 Å². The molecule has 1 fully saturated rings. The fourth-order valence-corrected chi connectivity index (χ4v) is 5.16. The summed E-state index contributed by atoms with van der Waals surface area (Å²) in [4.78, 5) is 55.8. The van der Waals surface area contributed by atoms with Crippen molar-refractivity contribution in [2.75, 3.05) is 6.54 Å². The minimum atomic E-state index is -0.741. The van der Waals surface area contributed by atoms with Gasteiger partial charge in [0.25, 0.3) is 0 Å². The van der Waals surface area contributed by atoms with Crippen LogP contribution in [0.3, 0.4) is 0 Å². The molecule has 0 unspecified atom stereocenters. The normalized spacial score (nSPS) is 19.6. The molecule has 1 N–H and O–H groups in total. The number of nitrogens with zero attached hydrogens (tertiary/aromatic N) is 2. The number of amides is 4. The van der Waals surface area contributed by atoms with E-state index in [1.165, 1.54) is 4.90 Å². The predicted molar refractivity (Wildman–Crippen MR) is 141 cm³/mol. The first kappa shape index (κ1) is 26.3. The summed E-state index contributed by atoms with van der Waals surface area (Å²) < 4.78 is 0. The second-order valence-electron chi connectivity index (χ2n) is 10.1. The molecule has 7 nitrogen and oxygen atoms in total. The summed E-state index contributed by atoms with van der Waals surface area (Å²) in [5, 5.41) is 2.97. The van der Waals surface area contributed by atoms with Gasteiger partial charge in [0.2, 0.25) is 23.6 Å². The van der Waals surface area contributed by atoms with E-state index in [0.29, 0.717) is 19.3 Å². The van der Waals surface area contributed by atoms with Crippen molar-refractivity contribution in [2.45, 2.75) is 58.2 Å². The lowest BCUT2D eigenvalue weighted by molar-refractivity contribution is -0.144. The Kier molecular flexibility index (Phi) is 8.54. The van der Waals surface area contributed by atoms with E-state index in [0.717, 1.165) is 11.1 Å². The van der Waals surface area contributed by atoms with E-state index in [9.17, 15) is 19.2 Å². The summed E-state index contributed by atoms with van der Waals surface area (Å²) in [6.45, 7) is 4.05. The lowest BCUT2D eigenvalue weighted by Gasteiger charge is -2.32. The fraction of sp³-hybridized carbons (Fsp3) is 0.400. The van der Waals surface area contributed by atoms with Crippen LogP contribution >= 0.6 is 0 Å². The molecule has 4 amide bonds. The second kappa shape index (κ2) is 12.0. The quantitative estimate of drug-likeness (QED) is 0.399. The number of hydrogen-bond acceptors (Lipinski definition) is 4. The number of rotatable bonds is 10. The molecule has 1 aliphatic carbocycles. The van der Waals surface area contributed by atoms with Crippen molar-refractivity contribution >= 4 is 23.6 Å². The fourth-order valence-electron chi connectivity index (χ4n) is 5.16. The average molecular weight is 502 g/mol. The van der Waals surface area contributed by atoms with Gasteiger partial charge >= 0.3 is 0 Å². The van der Waals surface area contributed by atoms with Gasteiger partial charge in [-0.25, -0.2) is 0 Å². The van der Waals surface area contributed by atoms with Crippen molar-refractivity contribution in [3.8, 4) is 0 Å². The summed E-state index contributed by atoms with van der Waals surface area (Å²) in [7, 11) is 0. The zero-order valence-electron chi connectivity index (χ0n) is 21.5. The van der Waals surface area contributed by atoms with Crippen molar-refractivity contribution in [3.63, 3.8) is 0 Å². The van der Waals surface area contributed by atoms with Crippen LogP contribution in [0.15, 0.2) is 72.8 Å². The Hall–Kier alpha value is -3.74. The Labute approximate surface area is 218 Å². The zero-order chi connectivity index (χ0) is 26.4. The number of nitrogens with one attached hydrogen (secondary N) is 1. The third kappa shape index (κ3) is 6.34. The van der Waals surface area contributed by atoms with Crippen molar-refractivity contribution in [1.29, 1.82) is 0 Å². The van der Waals surface area contributed by atoms with Gasteiger partial charge in [-0.3, -0.25) is 24.1 Å². The van der Waals surface area contributed by atoms with Gasteiger partial charge in [-0.15, -0.1) is 0 Å². The molecule has 3 atom stereocenters. The first-order chi connectivity index (χ1) is 17.8. The molecule has 1 heterocycles. The van der Waals surface area contributed by atoms with E-state index in [4.69, 9.17) is 0 Å². The Bertz CT molecular complexity index is 1120. The number of allylic oxidation sites excluding steroid dienone is 2. The number of fused-ring (bicyclic) bond motifs is 1. The summed E-state index contributed by atoms with van der Waals surface area (Å²) in [6.07, 6.45) is 5.35. The van der Waals surface area contributed by atoms with Crippen LogP contribution in [0.5, 0.6) is 0 Å². The lowest BCUT2D eigenvalue weighted by Crippen LogP contribution is -2.52. The second-order valence-corrected chi connectivity index (χ2v) is 10.1. The molecule has 0 bridgehead atoms. The van der Waals surface area contributed by atoms with E-state index >= 15 is 0 Å². The maximum absolute atomic E-state index is 13.7. The molecule has 194 valence electrons. The highest BCUT2D eigenvalue weighted by atomic mass is 16.2. The Morgan fingerprint density at radius 2 is 1.43 bits per heavy atom. The largest absolute Gasteiger partial charge is 0.352 e. The SMILES string of the molecule is CC(C)NC(=O)[C@H](Cc1ccccc1)N(Cc1ccccc1)C(=O)CCN1C(=O)[C@H]2CC=CC[C@H]2C1=O.